The third-order valence-electron chi connectivity index (χ3n) is 3.36. The van der Waals surface area contributed by atoms with E-state index in [1.54, 1.807) is 0 Å². The number of hydrogen-bond donors (Lipinski definition) is 3. The summed E-state index contributed by atoms with van der Waals surface area (Å²) in [5, 5.41) is 0. The SMILES string of the molecule is CC(C)(c1cccc(N)c1)c1cc(N)ccc1N. The van der Waals surface area contributed by atoms with Crippen molar-refractivity contribution in [3.8, 4) is 0 Å². The van der Waals surface area contributed by atoms with E-state index >= 15 is 0 Å². The number of benzene rings is 2. The van der Waals surface area contributed by atoms with Crippen molar-refractivity contribution < 1.29 is 0 Å². The van der Waals surface area contributed by atoms with Gasteiger partial charge in [0.15, 0.2) is 0 Å². The van der Waals surface area contributed by atoms with Gasteiger partial charge in [-0.2, -0.15) is 0 Å². The second kappa shape index (κ2) is 4.26. The first-order valence-electron chi connectivity index (χ1n) is 5.93. The second-order valence-electron chi connectivity index (χ2n) is 5.10. The molecule has 3 heteroatoms. The highest BCUT2D eigenvalue weighted by Crippen LogP contribution is 2.36. The molecule has 0 aliphatic carbocycles. The van der Waals surface area contributed by atoms with Crippen LogP contribution in [0.1, 0.15) is 25.0 Å². The van der Waals surface area contributed by atoms with Crippen molar-refractivity contribution >= 4 is 17.1 Å². The van der Waals surface area contributed by atoms with Gasteiger partial charge in [0.25, 0.3) is 0 Å². The molecule has 0 unspecified atom stereocenters. The van der Waals surface area contributed by atoms with E-state index in [0.717, 1.165) is 28.2 Å². The molecule has 0 fully saturated rings. The molecule has 18 heavy (non-hydrogen) atoms. The lowest BCUT2D eigenvalue weighted by molar-refractivity contribution is 0.644. The van der Waals surface area contributed by atoms with Crippen molar-refractivity contribution in [2.24, 2.45) is 0 Å². The summed E-state index contributed by atoms with van der Waals surface area (Å²) in [6, 6.07) is 13.4. The lowest BCUT2D eigenvalue weighted by Gasteiger charge is -2.28. The van der Waals surface area contributed by atoms with E-state index in [9.17, 15) is 0 Å². The predicted octanol–water partition coefficient (Wildman–Crippen LogP) is 2.76. The topological polar surface area (TPSA) is 78.1 Å². The Hall–Kier alpha value is -2.16. The summed E-state index contributed by atoms with van der Waals surface area (Å²) in [5.74, 6) is 0. The maximum Gasteiger partial charge on any atom is 0.0357 e. The van der Waals surface area contributed by atoms with Crippen LogP contribution in [0.25, 0.3) is 0 Å². The average molecular weight is 241 g/mol. The Morgan fingerprint density at radius 1 is 0.833 bits per heavy atom. The van der Waals surface area contributed by atoms with Crippen molar-refractivity contribution in [1.29, 1.82) is 0 Å². The van der Waals surface area contributed by atoms with Crippen LogP contribution in [0.2, 0.25) is 0 Å². The Morgan fingerprint density at radius 2 is 1.50 bits per heavy atom. The summed E-state index contributed by atoms with van der Waals surface area (Å²) in [5.41, 5.74) is 21.9. The molecule has 0 bridgehead atoms. The first kappa shape index (κ1) is 12.3. The minimum atomic E-state index is -0.227. The molecule has 2 rings (SSSR count). The zero-order chi connectivity index (χ0) is 13.3. The summed E-state index contributed by atoms with van der Waals surface area (Å²) in [4.78, 5) is 0. The van der Waals surface area contributed by atoms with Crippen LogP contribution in [0, 0.1) is 0 Å². The Bertz CT molecular complexity index is 574. The number of rotatable bonds is 2. The average Bonchev–Trinajstić information content (AvgIpc) is 2.32. The summed E-state index contributed by atoms with van der Waals surface area (Å²) in [7, 11) is 0. The van der Waals surface area contributed by atoms with E-state index in [2.05, 4.69) is 19.9 Å². The number of anilines is 3. The largest absolute Gasteiger partial charge is 0.399 e. The van der Waals surface area contributed by atoms with Gasteiger partial charge < -0.3 is 17.2 Å². The molecule has 0 heterocycles. The van der Waals surface area contributed by atoms with Crippen LogP contribution >= 0.6 is 0 Å². The zero-order valence-corrected chi connectivity index (χ0v) is 10.8. The van der Waals surface area contributed by atoms with E-state index in [1.807, 2.05) is 36.4 Å². The molecule has 0 amide bonds. The van der Waals surface area contributed by atoms with Gasteiger partial charge in [0.1, 0.15) is 0 Å². The minimum absolute atomic E-state index is 0.227. The Morgan fingerprint density at radius 3 is 2.17 bits per heavy atom. The molecule has 2 aromatic carbocycles. The molecule has 0 saturated heterocycles. The Kier molecular flexibility index (Phi) is 2.91. The number of nitrogen functional groups attached to an aromatic ring is 3. The van der Waals surface area contributed by atoms with Crippen LogP contribution in [-0.4, -0.2) is 0 Å². The van der Waals surface area contributed by atoms with Gasteiger partial charge >= 0.3 is 0 Å². The molecule has 94 valence electrons. The van der Waals surface area contributed by atoms with E-state index in [-0.39, 0.29) is 5.41 Å². The highest BCUT2D eigenvalue weighted by Gasteiger charge is 2.25. The molecular weight excluding hydrogens is 222 g/mol. The molecule has 0 saturated carbocycles. The summed E-state index contributed by atoms with van der Waals surface area (Å²) < 4.78 is 0. The molecule has 0 atom stereocenters. The van der Waals surface area contributed by atoms with Crippen molar-refractivity contribution in [3.63, 3.8) is 0 Å². The van der Waals surface area contributed by atoms with Gasteiger partial charge in [-0.05, 0) is 41.5 Å². The maximum atomic E-state index is 6.06. The van der Waals surface area contributed by atoms with Gasteiger partial charge in [0.2, 0.25) is 0 Å². The van der Waals surface area contributed by atoms with Crippen LogP contribution in [-0.2, 0) is 5.41 Å². The van der Waals surface area contributed by atoms with E-state index < -0.39 is 0 Å². The fourth-order valence-electron chi connectivity index (χ4n) is 2.20. The zero-order valence-electron chi connectivity index (χ0n) is 10.8. The van der Waals surface area contributed by atoms with Gasteiger partial charge in [0.05, 0.1) is 0 Å². The highest BCUT2D eigenvalue weighted by molar-refractivity contribution is 5.61. The Labute approximate surface area is 108 Å². The van der Waals surface area contributed by atoms with Crippen molar-refractivity contribution in [1.82, 2.24) is 0 Å². The van der Waals surface area contributed by atoms with Crippen LogP contribution in [0.4, 0.5) is 17.1 Å². The van der Waals surface area contributed by atoms with Crippen molar-refractivity contribution in [2.75, 3.05) is 17.2 Å². The minimum Gasteiger partial charge on any atom is -0.399 e. The van der Waals surface area contributed by atoms with Crippen LogP contribution in [0.3, 0.4) is 0 Å². The van der Waals surface area contributed by atoms with E-state index in [1.165, 1.54) is 0 Å². The maximum absolute atomic E-state index is 6.06. The quantitative estimate of drug-likeness (QED) is 0.707. The van der Waals surface area contributed by atoms with Gasteiger partial charge in [-0.3, -0.25) is 0 Å². The van der Waals surface area contributed by atoms with Gasteiger partial charge in [0, 0.05) is 22.5 Å². The highest BCUT2D eigenvalue weighted by atomic mass is 14.6. The standard InChI is InChI=1S/C15H19N3/c1-15(2,10-4-3-5-11(16)8-10)13-9-12(17)6-7-14(13)18/h3-9H,16-18H2,1-2H3. The lowest BCUT2D eigenvalue weighted by Crippen LogP contribution is -2.21. The number of hydrogen-bond acceptors (Lipinski definition) is 3. The first-order chi connectivity index (χ1) is 8.41. The summed E-state index contributed by atoms with van der Waals surface area (Å²) in [6.45, 7) is 4.24. The smallest absolute Gasteiger partial charge is 0.0357 e. The molecule has 0 spiro atoms. The molecule has 6 N–H and O–H groups in total. The van der Waals surface area contributed by atoms with Gasteiger partial charge in [-0.15, -0.1) is 0 Å². The van der Waals surface area contributed by atoms with Crippen molar-refractivity contribution in [2.45, 2.75) is 19.3 Å². The first-order valence-corrected chi connectivity index (χ1v) is 5.93. The molecule has 0 radical (unpaired) electrons. The van der Waals surface area contributed by atoms with E-state index in [0.29, 0.717) is 0 Å². The normalized spacial score (nSPS) is 11.4. The molecule has 0 aromatic heterocycles. The lowest BCUT2D eigenvalue weighted by atomic mass is 9.77. The third kappa shape index (κ3) is 2.12. The fourth-order valence-corrected chi connectivity index (χ4v) is 2.20. The number of nitrogens with two attached hydrogens (primary N) is 3. The van der Waals surface area contributed by atoms with Crippen molar-refractivity contribution in [3.05, 3.63) is 53.6 Å². The molecule has 0 aliphatic heterocycles. The van der Waals surface area contributed by atoms with Gasteiger partial charge in [-0.1, -0.05) is 26.0 Å². The predicted molar refractivity (Wildman–Crippen MR) is 78.2 cm³/mol. The molecule has 2 aromatic rings. The Balaban J connectivity index is 2.57. The molecular formula is C15H19N3. The van der Waals surface area contributed by atoms with Gasteiger partial charge in [-0.25, -0.2) is 0 Å². The third-order valence-corrected chi connectivity index (χ3v) is 3.36. The van der Waals surface area contributed by atoms with Crippen LogP contribution in [0.5, 0.6) is 0 Å². The fraction of sp³-hybridized carbons (Fsp3) is 0.200. The molecule has 3 nitrogen and oxygen atoms in total. The monoisotopic (exact) mass is 241 g/mol. The molecule has 0 aliphatic rings. The summed E-state index contributed by atoms with van der Waals surface area (Å²) in [6.07, 6.45) is 0. The summed E-state index contributed by atoms with van der Waals surface area (Å²) >= 11 is 0. The van der Waals surface area contributed by atoms with E-state index in [4.69, 9.17) is 17.2 Å². The van der Waals surface area contributed by atoms with Crippen LogP contribution in [0.15, 0.2) is 42.5 Å². The van der Waals surface area contributed by atoms with Crippen LogP contribution < -0.4 is 17.2 Å². The second-order valence-corrected chi connectivity index (χ2v) is 5.10.